The molecule has 2 rings (SSSR count). The van der Waals surface area contributed by atoms with Gasteiger partial charge in [-0.05, 0) is 25.0 Å². The second kappa shape index (κ2) is 7.02. The van der Waals surface area contributed by atoms with Gasteiger partial charge in [0.15, 0.2) is 0 Å². The van der Waals surface area contributed by atoms with Crippen molar-refractivity contribution in [3.8, 4) is 0 Å². The van der Waals surface area contributed by atoms with E-state index < -0.39 is 10.0 Å². The van der Waals surface area contributed by atoms with Crippen molar-refractivity contribution in [3.63, 3.8) is 0 Å². The van der Waals surface area contributed by atoms with Gasteiger partial charge < -0.3 is 10.1 Å². The van der Waals surface area contributed by atoms with Gasteiger partial charge in [-0.3, -0.25) is 4.79 Å². The number of nitrogens with zero attached hydrogens (tertiary/aromatic N) is 1. The standard InChI is InChI=1S/C14H20N2O4S/c1-21(18,19)16(10-13-8-5-9-20-13)11-14(17)15-12-6-3-2-4-7-12/h2-4,6-7,13H,5,8-11H2,1H3,(H,15,17). The van der Waals surface area contributed by atoms with Crippen LogP contribution in [0.3, 0.4) is 0 Å². The molecule has 1 fully saturated rings. The van der Waals surface area contributed by atoms with Crippen LogP contribution in [0.1, 0.15) is 12.8 Å². The first-order chi connectivity index (χ1) is 9.95. The largest absolute Gasteiger partial charge is 0.377 e. The third-order valence-corrected chi connectivity index (χ3v) is 4.49. The number of ether oxygens (including phenoxy) is 1. The summed E-state index contributed by atoms with van der Waals surface area (Å²) in [6.45, 7) is 0.674. The summed E-state index contributed by atoms with van der Waals surface area (Å²) in [6.07, 6.45) is 2.74. The summed E-state index contributed by atoms with van der Waals surface area (Å²) in [4.78, 5) is 12.0. The van der Waals surface area contributed by atoms with Crippen LogP contribution in [0.5, 0.6) is 0 Å². The van der Waals surface area contributed by atoms with Crippen LogP contribution in [-0.4, -0.2) is 50.7 Å². The zero-order chi connectivity index (χ0) is 15.3. The summed E-state index contributed by atoms with van der Waals surface area (Å²) in [5.74, 6) is -0.357. The third kappa shape index (κ3) is 5.11. The molecule has 6 nitrogen and oxygen atoms in total. The number of anilines is 1. The van der Waals surface area contributed by atoms with E-state index in [-0.39, 0.29) is 25.1 Å². The fraction of sp³-hybridized carbons (Fsp3) is 0.500. The lowest BCUT2D eigenvalue weighted by molar-refractivity contribution is -0.116. The molecular formula is C14H20N2O4S. The molecule has 0 aromatic heterocycles. The number of sulfonamides is 1. The van der Waals surface area contributed by atoms with Crippen LogP contribution in [-0.2, 0) is 19.6 Å². The number of carbonyl (C=O) groups is 1. The average Bonchev–Trinajstić information content (AvgIpc) is 2.91. The summed E-state index contributed by atoms with van der Waals surface area (Å²) < 4.78 is 30.2. The zero-order valence-electron chi connectivity index (χ0n) is 12.0. The molecule has 1 unspecified atom stereocenters. The van der Waals surface area contributed by atoms with Crippen molar-refractivity contribution in [1.29, 1.82) is 0 Å². The monoisotopic (exact) mass is 312 g/mol. The second-order valence-corrected chi connectivity index (χ2v) is 7.09. The minimum Gasteiger partial charge on any atom is -0.377 e. The molecule has 21 heavy (non-hydrogen) atoms. The molecule has 1 aliphatic rings. The molecular weight excluding hydrogens is 292 g/mol. The van der Waals surface area contributed by atoms with E-state index in [1.165, 1.54) is 4.31 Å². The zero-order valence-corrected chi connectivity index (χ0v) is 12.8. The van der Waals surface area contributed by atoms with Gasteiger partial charge in [0.25, 0.3) is 0 Å². The predicted octanol–water partition coefficient (Wildman–Crippen LogP) is 1.07. The maximum Gasteiger partial charge on any atom is 0.239 e. The van der Waals surface area contributed by atoms with Crippen LogP contribution in [0.25, 0.3) is 0 Å². The number of nitrogens with one attached hydrogen (secondary N) is 1. The fourth-order valence-electron chi connectivity index (χ4n) is 2.21. The van der Waals surface area contributed by atoms with Crippen LogP contribution in [0.15, 0.2) is 30.3 Å². The van der Waals surface area contributed by atoms with Crippen molar-refractivity contribution in [2.45, 2.75) is 18.9 Å². The van der Waals surface area contributed by atoms with Crippen molar-refractivity contribution in [2.75, 3.05) is 31.3 Å². The highest BCUT2D eigenvalue weighted by Crippen LogP contribution is 2.15. The van der Waals surface area contributed by atoms with Gasteiger partial charge in [-0.2, -0.15) is 4.31 Å². The molecule has 1 aliphatic heterocycles. The molecule has 0 spiro atoms. The van der Waals surface area contributed by atoms with Crippen molar-refractivity contribution >= 4 is 21.6 Å². The van der Waals surface area contributed by atoms with Gasteiger partial charge in [0.1, 0.15) is 0 Å². The van der Waals surface area contributed by atoms with Gasteiger partial charge in [-0.1, -0.05) is 18.2 Å². The smallest absolute Gasteiger partial charge is 0.239 e. The highest BCUT2D eigenvalue weighted by atomic mass is 32.2. The molecule has 7 heteroatoms. The first-order valence-electron chi connectivity index (χ1n) is 6.87. The minimum atomic E-state index is -3.45. The molecule has 1 aromatic rings. The van der Waals surface area contributed by atoms with E-state index in [2.05, 4.69) is 5.32 Å². The van der Waals surface area contributed by atoms with Crippen LogP contribution in [0, 0.1) is 0 Å². The Morgan fingerprint density at radius 1 is 1.38 bits per heavy atom. The lowest BCUT2D eigenvalue weighted by Crippen LogP contribution is -2.41. The molecule has 0 radical (unpaired) electrons. The molecule has 1 aromatic carbocycles. The van der Waals surface area contributed by atoms with E-state index >= 15 is 0 Å². The van der Waals surface area contributed by atoms with Crippen LogP contribution in [0.2, 0.25) is 0 Å². The van der Waals surface area contributed by atoms with E-state index in [4.69, 9.17) is 4.74 Å². The Labute approximate surface area is 125 Å². The second-order valence-electron chi connectivity index (χ2n) is 5.10. The topological polar surface area (TPSA) is 75.7 Å². The molecule has 1 saturated heterocycles. The van der Waals surface area contributed by atoms with Gasteiger partial charge in [0, 0.05) is 18.8 Å². The Bertz CT molecular complexity index is 568. The summed E-state index contributed by atoms with van der Waals surface area (Å²) in [5, 5.41) is 2.68. The maximum atomic E-state index is 12.0. The highest BCUT2D eigenvalue weighted by molar-refractivity contribution is 7.88. The Morgan fingerprint density at radius 3 is 2.67 bits per heavy atom. The van der Waals surface area contributed by atoms with E-state index in [1.807, 2.05) is 6.07 Å². The van der Waals surface area contributed by atoms with Crippen LogP contribution in [0.4, 0.5) is 5.69 Å². The summed E-state index contributed by atoms with van der Waals surface area (Å²) in [7, 11) is -3.45. The fourth-order valence-corrected chi connectivity index (χ4v) is 3.00. The molecule has 1 atom stereocenters. The van der Waals surface area contributed by atoms with Crippen LogP contribution < -0.4 is 5.32 Å². The number of rotatable bonds is 6. The lowest BCUT2D eigenvalue weighted by Gasteiger charge is -2.22. The Kier molecular flexibility index (Phi) is 5.33. The van der Waals surface area contributed by atoms with Gasteiger partial charge in [0.05, 0.1) is 18.9 Å². The minimum absolute atomic E-state index is 0.121. The highest BCUT2D eigenvalue weighted by Gasteiger charge is 2.26. The average molecular weight is 312 g/mol. The van der Waals surface area contributed by atoms with Crippen molar-refractivity contribution in [2.24, 2.45) is 0 Å². The Hall–Kier alpha value is -1.44. The molecule has 1 amide bonds. The molecule has 0 bridgehead atoms. The van der Waals surface area contributed by atoms with Gasteiger partial charge in [-0.25, -0.2) is 8.42 Å². The Balaban J connectivity index is 1.96. The molecule has 116 valence electrons. The van der Waals surface area contributed by atoms with Crippen molar-refractivity contribution < 1.29 is 17.9 Å². The first kappa shape index (κ1) is 15.9. The number of para-hydroxylation sites is 1. The van der Waals surface area contributed by atoms with E-state index in [9.17, 15) is 13.2 Å². The van der Waals surface area contributed by atoms with E-state index in [1.54, 1.807) is 24.3 Å². The van der Waals surface area contributed by atoms with Crippen LogP contribution >= 0.6 is 0 Å². The predicted molar refractivity (Wildman–Crippen MR) is 80.5 cm³/mol. The maximum absolute atomic E-state index is 12.0. The number of carbonyl (C=O) groups excluding carboxylic acids is 1. The van der Waals surface area contributed by atoms with Crippen molar-refractivity contribution in [3.05, 3.63) is 30.3 Å². The molecule has 0 aliphatic carbocycles. The lowest BCUT2D eigenvalue weighted by atomic mass is 10.2. The van der Waals surface area contributed by atoms with Gasteiger partial charge in [0.2, 0.25) is 15.9 Å². The van der Waals surface area contributed by atoms with E-state index in [0.29, 0.717) is 12.3 Å². The molecule has 1 N–H and O–H groups in total. The number of hydrogen-bond acceptors (Lipinski definition) is 4. The summed E-state index contributed by atoms with van der Waals surface area (Å²) in [6, 6.07) is 8.95. The first-order valence-corrected chi connectivity index (χ1v) is 8.71. The number of hydrogen-bond donors (Lipinski definition) is 1. The quantitative estimate of drug-likeness (QED) is 0.852. The number of amides is 1. The summed E-state index contributed by atoms with van der Waals surface area (Å²) >= 11 is 0. The number of benzene rings is 1. The third-order valence-electron chi connectivity index (χ3n) is 3.28. The molecule has 0 saturated carbocycles. The van der Waals surface area contributed by atoms with Gasteiger partial charge >= 0.3 is 0 Å². The molecule has 1 heterocycles. The Morgan fingerprint density at radius 2 is 2.10 bits per heavy atom. The van der Waals surface area contributed by atoms with Gasteiger partial charge in [-0.15, -0.1) is 0 Å². The normalized spacial score (nSPS) is 18.9. The summed E-state index contributed by atoms with van der Waals surface area (Å²) in [5.41, 5.74) is 0.646. The van der Waals surface area contributed by atoms with E-state index in [0.717, 1.165) is 19.1 Å². The SMILES string of the molecule is CS(=O)(=O)N(CC(=O)Nc1ccccc1)CC1CCCO1. The van der Waals surface area contributed by atoms with Crippen molar-refractivity contribution in [1.82, 2.24) is 4.31 Å².